The number of nitrogens with one attached hydrogen (secondary N) is 1. The fourth-order valence-electron chi connectivity index (χ4n) is 2.81. The van der Waals surface area contributed by atoms with E-state index in [0.717, 1.165) is 32.2 Å². The number of nitrogens with zero attached hydrogens (tertiary/aromatic N) is 1. The van der Waals surface area contributed by atoms with Crippen LogP contribution >= 0.6 is 0 Å². The van der Waals surface area contributed by atoms with Gasteiger partial charge in [0, 0.05) is 26.7 Å². The second-order valence-electron chi connectivity index (χ2n) is 5.96. The summed E-state index contributed by atoms with van der Waals surface area (Å²) in [6, 6.07) is 7.34. The smallest absolute Gasteiger partial charge is 0.244 e. The van der Waals surface area contributed by atoms with Crippen LogP contribution in [-0.2, 0) is 10.0 Å². The number of rotatable bonds is 5. The van der Waals surface area contributed by atoms with Gasteiger partial charge in [-0.2, -0.15) is 0 Å². The Hall–Kier alpha value is -1.11. The molecule has 1 aliphatic carbocycles. The van der Waals surface area contributed by atoms with Crippen LogP contribution in [0.15, 0.2) is 29.2 Å². The average Bonchev–Trinajstić information content (AvgIpc) is 2.45. The summed E-state index contributed by atoms with van der Waals surface area (Å²) in [6.45, 7) is 0.771. The van der Waals surface area contributed by atoms with Crippen molar-refractivity contribution in [1.29, 1.82) is 0 Å². The first-order chi connectivity index (χ1) is 9.91. The molecule has 1 fully saturated rings. The van der Waals surface area contributed by atoms with Gasteiger partial charge in [0.25, 0.3) is 0 Å². The van der Waals surface area contributed by atoms with Gasteiger partial charge in [0.15, 0.2) is 0 Å². The predicted octanol–water partition coefficient (Wildman–Crippen LogP) is 1.87. The lowest BCUT2D eigenvalue weighted by molar-refractivity contribution is 0.335. The maximum Gasteiger partial charge on any atom is 0.244 e. The minimum Gasteiger partial charge on any atom is -0.384 e. The number of hydrogen-bond donors (Lipinski definition) is 2. The largest absolute Gasteiger partial charge is 0.384 e. The Morgan fingerprint density at radius 2 is 2.00 bits per heavy atom. The first-order valence-corrected chi connectivity index (χ1v) is 8.86. The molecule has 1 saturated carbocycles. The SMILES string of the molecule is CN(C)S(=O)(=O)c1ccccc1NCC1CCCC(N)C1. The van der Waals surface area contributed by atoms with Gasteiger partial charge in [0.2, 0.25) is 10.0 Å². The number of sulfonamides is 1. The maximum atomic E-state index is 12.3. The van der Waals surface area contributed by atoms with Gasteiger partial charge in [-0.1, -0.05) is 18.6 Å². The molecular weight excluding hydrogens is 286 g/mol. The van der Waals surface area contributed by atoms with Crippen LogP contribution in [0.2, 0.25) is 0 Å². The predicted molar refractivity (Wildman–Crippen MR) is 85.7 cm³/mol. The summed E-state index contributed by atoms with van der Waals surface area (Å²) in [7, 11) is -0.329. The summed E-state index contributed by atoms with van der Waals surface area (Å²) in [4.78, 5) is 0.329. The van der Waals surface area contributed by atoms with E-state index in [2.05, 4.69) is 5.32 Å². The molecule has 0 amide bonds. The third kappa shape index (κ3) is 3.96. The van der Waals surface area contributed by atoms with Crippen LogP contribution < -0.4 is 11.1 Å². The van der Waals surface area contributed by atoms with E-state index in [4.69, 9.17) is 5.73 Å². The second kappa shape index (κ2) is 6.77. The molecule has 5 nitrogen and oxygen atoms in total. The van der Waals surface area contributed by atoms with Crippen LogP contribution in [-0.4, -0.2) is 39.4 Å². The minimum absolute atomic E-state index is 0.284. The Balaban J connectivity index is 2.10. The topological polar surface area (TPSA) is 75.4 Å². The van der Waals surface area contributed by atoms with Crippen molar-refractivity contribution in [3.05, 3.63) is 24.3 Å². The van der Waals surface area contributed by atoms with Crippen molar-refractivity contribution in [2.75, 3.05) is 26.0 Å². The van der Waals surface area contributed by atoms with Gasteiger partial charge in [-0.05, 0) is 37.3 Å². The molecule has 1 aliphatic rings. The minimum atomic E-state index is -3.43. The molecule has 3 N–H and O–H groups in total. The van der Waals surface area contributed by atoms with Gasteiger partial charge in [-0.25, -0.2) is 12.7 Å². The highest BCUT2D eigenvalue weighted by atomic mass is 32.2. The molecule has 1 aromatic carbocycles. The molecule has 21 heavy (non-hydrogen) atoms. The Labute approximate surface area is 127 Å². The highest BCUT2D eigenvalue weighted by Gasteiger charge is 2.22. The van der Waals surface area contributed by atoms with Crippen molar-refractivity contribution in [3.8, 4) is 0 Å². The van der Waals surface area contributed by atoms with E-state index in [0.29, 0.717) is 16.5 Å². The van der Waals surface area contributed by atoms with Crippen LogP contribution in [0.4, 0.5) is 5.69 Å². The fourth-order valence-corrected chi connectivity index (χ4v) is 3.87. The van der Waals surface area contributed by atoms with Crippen molar-refractivity contribution in [3.63, 3.8) is 0 Å². The molecule has 1 aromatic rings. The lowest BCUT2D eigenvalue weighted by Crippen LogP contribution is -2.31. The van der Waals surface area contributed by atoms with Crippen molar-refractivity contribution in [1.82, 2.24) is 4.31 Å². The van der Waals surface area contributed by atoms with Crippen molar-refractivity contribution in [2.45, 2.75) is 36.6 Å². The molecule has 0 aromatic heterocycles. The highest BCUT2D eigenvalue weighted by molar-refractivity contribution is 7.89. The lowest BCUT2D eigenvalue weighted by atomic mass is 9.86. The second-order valence-corrected chi connectivity index (χ2v) is 8.08. The summed E-state index contributed by atoms with van der Waals surface area (Å²) in [5, 5.41) is 3.30. The molecule has 0 radical (unpaired) electrons. The van der Waals surface area contributed by atoms with E-state index in [-0.39, 0.29) is 6.04 Å². The van der Waals surface area contributed by atoms with Crippen LogP contribution in [0.3, 0.4) is 0 Å². The van der Waals surface area contributed by atoms with E-state index < -0.39 is 10.0 Å². The van der Waals surface area contributed by atoms with E-state index >= 15 is 0 Å². The average molecular weight is 311 g/mol. The normalized spacial score (nSPS) is 23.2. The summed E-state index contributed by atoms with van der Waals surface area (Å²) in [6.07, 6.45) is 4.42. The molecule has 6 heteroatoms. The molecule has 0 aliphatic heterocycles. The van der Waals surface area contributed by atoms with Crippen LogP contribution in [0.1, 0.15) is 25.7 Å². The van der Waals surface area contributed by atoms with Gasteiger partial charge in [0.1, 0.15) is 4.90 Å². The molecular formula is C15H25N3O2S. The molecule has 2 atom stereocenters. The molecule has 2 rings (SSSR count). The Kier molecular flexibility index (Phi) is 5.24. The molecule has 0 heterocycles. The van der Waals surface area contributed by atoms with Crippen molar-refractivity contribution in [2.24, 2.45) is 11.7 Å². The summed E-state index contributed by atoms with van der Waals surface area (Å²) < 4.78 is 25.9. The molecule has 0 saturated heterocycles. The van der Waals surface area contributed by atoms with Crippen molar-refractivity contribution < 1.29 is 8.42 Å². The molecule has 0 bridgehead atoms. The van der Waals surface area contributed by atoms with E-state index in [1.165, 1.54) is 4.31 Å². The zero-order valence-electron chi connectivity index (χ0n) is 12.7. The Morgan fingerprint density at radius 1 is 1.29 bits per heavy atom. The number of para-hydroxylation sites is 1. The fraction of sp³-hybridized carbons (Fsp3) is 0.600. The standard InChI is InChI=1S/C15H25N3O2S/c1-18(2)21(19,20)15-9-4-3-8-14(15)17-11-12-6-5-7-13(16)10-12/h3-4,8-9,12-13,17H,5-7,10-11,16H2,1-2H3. The van der Waals surface area contributed by atoms with Gasteiger partial charge >= 0.3 is 0 Å². The molecule has 2 unspecified atom stereocenters. The Bertz CT molecular complexity index is 572. The Morgan fingerprint density at radius 3 is 2.67 bits per heavy atom. The maximum absolute atomic E-state index is 12.3. The molecule has 0 spiro atoms. The first-order valence-electron chi connectivity index (χ1n) is 7.42. The number of benzene rings is 1. The summed E-state index contributed by atoms with van der Waals surface area (Å²) in [5.74, 6) is 0.517. The molecule has 118 valence electrons. The van der Waals surface area contributed by atoms with Gasteiger partial charge in [-0.15, -0.1) is 0 Å². The third-order valence-corrected chi connectivity index (χ3v) is 5.92. The van der Waals surface area contributed by atoms with Crippen LogP contribution in [0.5, 0.6) is 0 Å². The monoisotopic (exact) mass is 311 g/mol. The number of nitrogens with two attached hydrogens (primary N) is 1. The number of hydrogen-bond acceptors (Lipinski definition) is 4. The van der Waals surface area contributed by atoms with E-state index in [1.807, 2.05) is 12.1 Å². The zero-order chi connectivity index (χ0) is 15.5. The lowest BCUT2D eigenvalue weighted by Gasteiger charge is -2.27. The van der Waals surface area contributed by atoms with E-state index in [9.17, 15) is 8.42 Å². The highest BCUT2D eigenvalue weighted by Crippen LogP contribution is 2.26. The van der Waals surface area contributed by atoms with Gasteiger partial charge in [0.05, 0.1) is 5.69 Å². The van der Waals surface area contributed by atoms with E-state index in [1.54, 1.807) is 26.2 Å². The van der Waals surface area contributed by atoms with Crippen LogP contribution in [0, 0.1) is 5.92 Å². The summed E-state index contributed by atoms with van der Waals surface area (Å²) in [5.41, 5.74) is 6.67. The first kappa shape index (κ1) is 16.3. The summed E-state index contributed by atoms with van der Waals surface area (Å²) >= 11 is 0. The zero-order valence-corrected chi connectivity index (χ0v) is 13.6. The third-order valence-electron chi connectivity index (χ3n) is 4.05. The van der Waals surface area contributed by atoms with Gasteiger partial charge < -0.3 is 11.1 Å². The quantitative estimate of drug-likeness (QED) is 0.870. The van der Waals surface area contributed by atoms with Crippen LogP contribution in [0.25, 0.3) is 0 Å². The number of anilines is 1. The van der Waals surface area contributed by atoms with Crippen molar-refractivity contribution >= 4 is 15.7 Å². The van der Waals surface area contributed by atoms with Gasteiger partial charge in [-0.3, -0.25) is 0 Å².